The molecule has 0 bridgehead atoms. The van der Waals surface area contributed by atoms with E-state index in [9.17, 15) is 14.4 Å². The number of carboxylic acid groups (broad SMARTS) is 1. The number of nitrogens with one attached hydrogen (secondary N) is 1. The third kappa shape index (κ3) is 4.35. The number of rotatable bonds is 7. The second-order valence-corrected chi connectivity index (χ2v) is 4.56. The normalized spacial score (nSPS) is 16.5. The fourth-order valence-corrected chi connectivity index (χ4v) is 2.05. The summed E-state index contributed by atoms with van der Waals surface area (Å²) in [6.45, 7) is 2.00. The Morgan fingerprint density at radius 3 is 2.39 bits per heavy atom. The van der Waals surface area contributed by atoms with Crippen LogP contribution in [-0.4, -0.2) is 35.1 Å². The van der Waals surface area contributed by atoms with E-state index >= 15 is 0 Å². The number of ether oxygens (including phenoxy) is 1. The van der Waals surface area contributed by atoms with Crippen LogP contribution in [0, 0.1) is 0 Å². The molecule has 6 nitrogen and oxygen atoms in total. The lowest BCUT2D eigenvalue weighted by molar-refractivity contribution is -0.145. The summed E-state index contributed by atoms with van der Waals surface area (Å²) in [6, 6.07) is 0. The fourth-order valence-electron chi connectivity index (χ4n) is 2.05. The molecule has 1 amide bonds. The van der Waals surface area contributed by atoms with Crippen LogP contribution in [0.1, 0.15) is 45.4 Å². The number of carbonyl (C=O) groups is 3. The van der Waals surface area contributed by atoms with E-state index in [2.05, 4.69) is 5.32 Å². The molecule has 1 aliphatic carbocycles. The van der Waals surface area contributed by atoms with Crippen molar-refractivity contribution in [1.29, 1.82) is 0 Å². The molecule has 6 heteroatoms. The molecule has 1 fully saturated rings. The molecule has 0 aromatic carbocycles. The third-order valence-corrected chi connectivity index (χ3v) is 3.07. The number of carbonyl (C=O) groups excluding carboxylic acids is 2. The number of hydrogen-bond donors (Lipinski definition) is 2. The van der Waals surface area contributed by atoms with Crippen molar-refractivity contribution in [3.63, 3.8) is 0 Å². The van der Waals surface area contributed by atoms with Gasteiger partial charge in [-0.15, -0.1) is 0 Å². The van der Waals surface area contributed by atoms with Crippen LogP contribution in [0.15, 0.2) is 0 Å². The quantitative estimate of drug-likeness (QED) is 0.659. The Morgan fingerprint density at radius 2 is 1.94 bits per heavy atom. The average molecular weight is 257 g/mol. The SMILES string of the molecule is CCOC(=O)CCC(=O)NC1(CC(=O)O)CCC1. The minimum atomic E-state index is -0.916. The minimum absolute atomic E-state index is 0.0306. The Labute approximate surface area is 106 Å². The molecule has 0 spiro atoms. The van der Waals surface area contributed by atoms with E-state index in [1.54, 1.807) is 6.92 Å². The van der Waals surface area contributed by atoms with E-state index < -0.39 is 17.5 Å². The molecule has 0 saturated heterocycles. The smallest absolute Gasteiger partial charge is 0.306 e. The van der Waals surface area contributed by atoms with Crippen molar-refractivity contribution in [3.05, 3.63) is 0 Å². The first-order chi connectivity index (χ1) is 8.47. The topological polar surface area (TPSA) is 92.7 Å². The van der Waals surface area contributed by atoms with Gasteiger partial charge in [0, 0.05) is 6.42 Å². The van der Waals surface area contributed by atoms with E-state index in [0.29, 0.717) is 19.4 Å². The number of esters is 1. The standard InChI is InChI=1S/C12H19NO5/c1-2-18-11(17)5-4-9(14)13-12(6-3-7-12)8-10(15)16/h2-8H2,1H3,(H,13,14)(H,15,16). The molecule has 18 heavy (non-hydrogen) atoms. The predicted molar refractivity (Wildman–Crippen MR) is 62.8 cm³/mol. The van der Waals surface area contributed by atoms with Crippen LogP contribution in [0.3, 0.4) is 0 Å². The molecule has 0 atom stereocenters. The second kappa shape index (κ2) is 6.37. The lowest BCUT2D eigenvalue weighted by Gasteiger charge is -2.41. The summed E-state index contributed by atoms with van der Waals surface area (Å²) in [5, 5.41) is 11.5. The van der Waals surface area contributed by atoms with Crippen LogP contribution in [0.5, 0.6) is 0 Å². The Kier molecular flexibility index (Phi) is 5.12. The van der Waals surface area contributed by atoms with Crippen LogP contribution in [0.2, 0.25) is 0 Å². The Bertz CT molecular complexity index is 335. The summed E-state index contributed by atoms with van der Waals surface area (Å²) >= 11 is 0. The molecule has 0 heterocycles. The second-order valence-electron chi connectivity index (χ2n) is 4.56. The first kappa shape index (κ1) is 14.5. The summed E-state index contributed by atoms with van der Waals surface area (Å²) in [5.74, 6) is -1.61. The zero-order chi connectivity index (χ0) is 13.6. The molecule has 1 aliphatic rings. The van der Waals surface area contributed by atoms with Gasteiger partial charge in [-0.25, -0.2) is 0 Å². The van der Waals surface area contributed by atoms with Crippen molar-refractivity contribution in [3.8, 4) is 0 Å². The maximum absolute atomic E-state index is 11.6. The van der Waals surface area contributed by atoms with Crippen LogP contribution in [-0.2, 0) is 19.1 Å². The molecule has 0 aromatic rings. The zero-order valence-electron chi connectivity index (χ0n) is 10.5. The van der Waals surface area contributed by atoms with Gasteiger partial charge in [0.15, 0.2) is 0 Å². The van der Waals surface area contributed by atoms with Gasteiger partial charge in [0.05, 0.1) is 25.0 Å². The number of aliphatic carboxylic acids is 1. The average Bonchev–Trinajstić information content (AvgIpc) is 2.23. The number of amides is 1. The molecular weight excluding hydrogens is 238 g/mol. The van der Waals surface area contributed by atoms with Crippen molar-refractivity contribution in [2.45, 2.75) is 51.0 Å². The Hall–Kier alpha value is -1.59. The molecule has 102 valence electrons. The predicted octanol–water partition coefficient (Wildman–Crippen LogP) is 0.843. The van der Waals surface area contributed by atoms with Crippen LogP contribution >= 0.6 is 0 Å². The molecule has 1 saturated carbocycles. The van der Waals surface area contributed by atoms with E-state index in [4.69, 9.17) is 9.84 Å². The summed E-state index contributed by atoms with van der Waals surface area (Å²) in [7, 11) is 0. The van der Waals surface area contributed by atoms with E-state index in [-0.39, 0.29) is 25.2 Å². The molecule has 0 aliphatic heterocycles. The van der Waals surface area contributed by atoms with Gasteiger partial charge in [-0.05, 0) is 26.2 Å². The highest BCUT2D eigenvalue weighted by Gasteiger charge is 2.40. The van der Waals surface area contributed by atoms with Crippen molar-refractivity contribution in [2.75, 3.05) is 6.61 Å². The van der Waals surface area contributed by atoms with Gasteiger partial charge in [0.25, 0.3) is 0 Å². The molecule has 1 rings (SSSR count). The van der Waals surface area contributed by atoms with Crippen molar-refractivity contribution >= 4 is 17.8 Å². The van der Waals surface area contributed by atoms with Gasteiger partial charge in [-0.2, -0.15) is 0 Å². The Balaban J connectivity index is 2.34. The van der Waals surface area contributed by atoms with Crippen LogP contribution in [0.25, 0.3) is 0 Å². The fraction of sp³-hybridized carbons (Fsp3) is 0.750. The largest absolute Gasteiger partial charge is 0.481 e. The minimum Gasteiger partial charge on any atom is -0.481 e. The van der Waals surface area contributed by atoms with Gasteiger partial charge in [0.2, 0.25) is 5.91 Å². The van der Waals surface area contributed by atoms with Gasteiger partial charge < -0.3 is 15.2 Å². The van der Waals surface area contributed by atoms with E-state index in [1.165, 1.54) is 0 Å². The third-order valence-electron chi connectivity index (χ3n) is 3.07. The monoisotopic (exact) mass is 257 g/mol. The number of carboxylic acids is 1. The highest BCUT2D eigenvalue weighted by molar-refractivity contribution is 5.82. The number of hydrogen-bond acceptors (Lipinski definition) is 4. The molecule has 0 unspecified atom stereocenters. The van der Waals surface area contributed by atoms with E-state index in [1.807, 2.05) is 0 Å². The van der Waals surface area contributed by atoms with Crippen LogP contribution < -0.4 is 5.32 Å². The summed E-state index contributed by atoms with van der Waals surface area (Å²) < 4.78 is 4.71. The molecule has 2 N–H and O–H groups in total. The van der Waals surface area contributed by atoms with E-state index in [0.717, 1.165) is 6.42 Å². The first-order valence-corrected chi connectivity index (χ1v) is 6.16. The van der Waals surface area contributed by atoms with Gasteiger partial charge in [0.1, 0.15) is 0 Å². The summed E-state index contributed by atoms with van der Waals surface area (Å²) in [4.78, 5) is 33.4. The Morgan fingerprint density at radius 1 is 1.28 bits per heavy atom. The van der Waals surface area contributed by atoms with Crippen LogP contribution in [0.4, 0.5) is 0 Å². The molecule has 0 radical (unpaired) electrons. The van der Waals surface area contributed by atoms with Gasteiger partial charge in [-0.1, -0.05) is 0 Å². The highest BCUT2D eigenvalue weighted by atomic mass is 16.5. The van der Waals surface area contributed by atoms with Crippen molar-refractivity contribution < 1.29 is 24.2 Å². The lowest BCUT2D eigenvalue weighted by atomic mass is 9.74. The highest BCUT2D eigenvalue weighted by Crippen LogP contribution is 2.34. The maximum Gasteiger partial charge on any atom is 0.306 e. The first-order valence-electron chi connectivity index (χ1n) is 6.16. The summed E-state index contributed by atoms with van der Waals surface area (Å²) in [6.07, 6.45) is 2.31. The zero-order valence-corrected chi connectivity index (χ0v) is 10.5. The van der Waals surface area contributed by atoms with Gasteiger partial charge >= 0.3 is 11.9 Å². The maximum atomic E-state index is 11.6. The lowest BCUT2D eigenvalue weighted by Crippen LogP contribution is -2.54. The summed E-state index contributed by atoms with van der Waals surface area (Å²) in [5.41, 5.74) is -0.600. The molecule has 0 aromatic heterocycles. The van der Waals surface area contributed by atoms with Crippen molar-refractivity contribution in [1.82, 2.24) is 5.32 Å². The van der Waals surface area contributed by atoms with Crippen molar-refractivity contribution in [2.24, 2.45) is 0 Å². The van der Waals surface area contributed by atoms with Gasteiger partial charge in [-0.3, -0.25) is 14.4 Å². The molecular formula is C12H19NO5.